The fraction of sp³-hybridized carbons (Fsp3) is 0.833. The Hall–Kier alpha value is -1.14. The molecule has 3 rings (SSSR count). The van der Waals surface area contributed by atoms with Crippen molar-refractivity contribution in [2.45, 2.75) is 37.4 Å². The van der Waals surface area contributed by atoms with E-state index in [1.807, 2.05) is 4.90 Å². The summed E-state index contributed by atoms with van der Waals surface area (Å²) in [7, 11) is 0. The number of hydrogen-bond donors (Lipinski definition) is 2. The first-order valence-electron chi connectivity index (χ1n) is 6.73. The van der Waals surface area contributed by atoms with Crippen molar-refractivity contribution in [1.82, 2.24) is 15.1 Å². The Labute approximate surface area is 106 Å². The van der Waals surface area contributed by atoms with Crippen LogP contribution in [0.2, 0.25) is 0 Å². The van der Waals surface area contributed by atoms with Crippen LogP contribution in [0.5, 0.6) is 0 Å². The smallest absolute Gasteiger partial charge is 0.236 e. The summed E-state index contributed by atoms with van der Waals surface area (Å²) in [5.74, 6) is -0.0460. The van der Waals surface area contributed by atoms with E-state index in [4.69, 9.17) is 5.73 Å². The van der Waals surface area contributed by atoms with Gasteiger partial charge < -0.3 is 16.0 Å². The van der Waals surface area contributed by atoms with E-state index < -0.39 is 0 Å². The molecule has 3 aliphatic rings. The number of primary amides is 1. The molecule has 3 heterocycles. The molecular formula is C12H20N4O2. The van der Waals surface area contributed by atoms with Crippen LogP contribution in [0.3, 0.4) is 0 Å². The summed E-state index contributed by atoms with van der Waals surface area (Å²) in [5, 5.41) is 3.20. The maximum absolute atomic E-state index is 12.0. The molecule has 100 valence electrons. The third-order valence-corrected chi connectivity index (χ3v) is 4.49. The number of nitrogens with zero attached hydrogens (tertiary/aromatic N) is 2. The minimum atomic E-state index is -0.286. The second-order valence-electron chi connectivity index (χ2n) is 5.43. The minimum Gasteiger partial charge on any atom is -0.368 e. The number of nitrogens with two attached hydrogens (primary N) is 1. The lowest BCUT2D eigenvalue weighted by Crippen LogP contribution is -2.61. The number of fused-ring (bicyclic) bond motifs is 1. The van der Waals surface area contributed by atoms with E-state index in [2.05, 4.69) is 10.2 Å². The predicted octanol–water partition coefficient (Wildman–Crippen LogP) is -1.49. The van der Waals surface area contributed by atoms with E-state index in [0.29, 0.717) is 19.0 Å². The average molecular weight is 252 g/mol. The van der Waals surface area contributed by atoms with Gasteiger partial charge in [-0.2, -0.15) is 0 Å². The van der Waals surface area contributed by atoms with Crippen LogP contribution in [0.15, 0.2) is 0 Å². The second-order valence-corrected chi connectivity index (χ2v) is 5.43. The van der Waals surface area contributed by atoms with Crippen molar-refractivity contribution >= 4 is 11.8 Å². The summed E-state index contributed by atoms with van der Waals surface area (Å²) in [6.45, 7) is 3.15. The molecule has 18 heavy (non-hydrogen) atoms. The van der Waals surface area contributed by atoms with Gasteiger partial charge in [-0.05, 0) is 12.8 Å². The van der Waals surface area contributed by atoms with E-state index in [1.54, 1.807) is 0 Å². The number of carbonyl (C=O) groups excluding carboxylic acids is 2. The SMILES string of the molecule is NC(=O)C1CNCCN1C1CC(=O)N2CCCC12. The van der Waals surface area contributed by atoms with E-state index >= 15 is 0 Å². The van der Waals surface area contributed by atoms with Crippen molar-refractivity contribution in [3.05, 3.63) is 0 Å². The van der Waals surface area contributed by atoms with Gasteiger partial charge >= 0.3 is 0 Å². The largest absolute Gasteiger partial charge is 0.368 e. The highest BCUT2D eigenvalue weighted by Gasteiger charge is 2.47. The van der Waals surface area contributed by atoms with Crippen molar-refractivity contribution in [2.75, 3.05) is 26.2 Å². The lowest BCUT2D eigenvalue weighted by molar-refractivity contribution is -0.128. The van der Waals surface area contributed by atoms with Crippen LogP contribution in [-0.4, -0.2) is 65.9 Å². The summed E-state index contributed by atoms with van der Waals surface area (Å²) < 4.78 is 0. The molecule has 0 radical (unpaired) electrons. The van der Waals surface area contributed by atoms with E-state index in [0.717, 1.165) is 32.5 Å². The van der Waals surface area contributed by atoms with Crippen molar-refractivity contribution < 1.29 is 9.59 Å². The Morgan fingerprint density at radius 2 is 2.17 bits per heavy atom. The average Bonchev–Trinajstić information content (AvgIpc) is 2.94. The van der Waals surface area contributed by atoms with Crippen LogP contribution in [0.4, 0.5) is 0 Å². The van der Waals surface area contributed by atoms with Crippen molar-refractivity contribution in [3.8, 4) is 0 Å². The van der Waals surface area contributed by atoms with Crippen molar-refractivity contribution in [2.24, 2.45) is 5.73 Å². The van der Waals surface area contributed by atoms with E-state index in [9.17, 15) is 9.59 Å². The van der Waals surface area contributed by atoms with Gasteiger partial charge in [0.15, 0.2) is 0 Å². The van der Waals surface area contributed by atoms with E-state index in [-0.39, 0.29) is 23.9 Å². The first-order chi connectivity index (χ1) is 8.68. The van der Waals surface area contributed by atoms with Gasteiger partial charge in [-0.3, -0.25) is 14.5 Å². The number of amides is 2. The molecular weight excluding hydrogens is 232 g/mol. The summed E-state index contributed by atoms with van der Waals surface area (Å²) in [6, 6.07) is 0.217. The van der Waals surface area contributed by atoms with Crippen LogP contribution in [0, 0.1) is 0 Å². The highest BCUT2D eigenvalue weighted by molar-refractivity contribution is 5.82. The molecule has 0 saturated carbocycles. The zero-order valence-corrected chi connectivity index (χ0v) is 10.5. The van der Waals surface area contributed by atoms with Crippen LogP contribution in [0.1, 0.15) is 19.3 Å². The van der Waals surface area contributed by atoms with Crippen LogP contribution in [-0.2, 0) is 9.59 Å². The fourth-order valence-corrected chi connectivity index (χ4v) is 3.65. The quantitative estimate of drug-likeness (QED) is 0.627. The lowest BCUT2D eigenvalue weighted by atomic mass is 10.0. The molecule has 3 unspecified atom stereocenters. The highest BCUT2D eigenvalue weighted by Crippen LogP contribution is 2.33. The second kappa shape index (κ2) is 4.51. The molecule has 0 aromatic heterocycles. The molecule has 3 N–H and O–H groups in total. The third-order valence-electron chi connectivity index (χ3n) is 4.49. The Balaban J connectivity index is 1.80. The summed E-state index contributed by atoms with van der Waals surface area (Å²) >= 11 is 0. The first kappa shape index (κ1) is 11.9. The summed E-state index contributed by atoms with van der Waals surface area (Å²) in [4.78, 5) is 27.6. The molecule has 3 atom stereocenters. The van der Waals surface area contributed by atoms with Crippen LogP contribution >= 0.6 is 0 Å². The van der Waals surface area contributed by atoms with Gasteiger partial charge in [0, 0.05) is 44.7 Å². The van der Waals surface area contributed by atoms with Crippen LogP contribution in [0.25, 0.3) is 0 Å². The Bertz CT molecular complexity index is 373. The summed E-state index contributed by atoms with van der Waals surface area (Å²) in [6.07, 6.45) is 2.69. The molecule has 3 fully saturated rings. The van der Waals surface area contributed by atoms with E-state index in [1.165, 1.54) is 0 Å². The number of piperazine rings is 1. The van der Waals surface area contributed by atoms with Gasteiger partial charge in [-0.15, -0.1) is 0 Å². The van der Waals surface area contributed by atoms with Crippen molar-refractivity contribution in [1.29, 1.82) is 0 Å². The Morgan fingerprint density at radius 3 is 2.94 bits per heavy atom. The maximum atomic E-state index is 12.0. The predicted molar refractivity (Wildman–Crippen MR) is 65.7 cm³/mol. The van der Waals surface area contributed by atoms with Gasteiger partial charge in [0.2, 0.25) is 11.8 Å². The standard InChI is InChI=1S/C12H20N4O2/c13-12(18)10-7-14-3-5-15(10)9-6-11(17)16-4-1-2-8(9)16/h8-10,14H,1-7H2,(H2,13,18). The van der Waals surface area contributed by atoms with Crippen LogP contribution < -0.4 is 11.1 Å². The molecule has 0 aromatic carbocycles. The highest BCUT2D eigenvalue weighted by atomic mass is 16.2. The zero-order chi connectivity index (χ0) is 12.7. The zero-order valence-electron chi connectivity index (χ0n) is 10.5. The maximum Gasteiger partial charge on any atom is 0.236 e. The minimum absolute atomic E-state index is 0.180. The van der Waals surface area contributed by atoms with Gasteiger partial charge in [-0.25, -0.2) is 0 Å². The topological polar surface area (TPSA) is 78.7 Å². The Kier molecular flexibility index (Phi) is 2.99. The third kappa shape index (κ3) is 1.80. The summed E-state index contributed by atoms with van der Waals surface area (Å²) in [5.41, 5.74) is 5.48. The number of carbonyl (C=O) groups is 2. The molecule has 6 nitrogen and oxygen atoms in total. The molecule has 0 aromatic rings. The lowest BCUT2D eigenvalue weighted by Gasteiger charge is -2.40. The molecule has 6 heteroatoms. The number of hydrogen-bond acceptors (Lipinski definition) is 4. The first-order valence-corrected chi connectivity index (χ1v) is 6.73. The monoisotopic (exact) mass is 252 g/mol. The molecule has 0 spiro atoms. The number of nitrogens with one attached hydrogen (secondary N) is 1. The van der Waals surface area contributed by atoms with Gasteiger partial charge in [0.25, 0.3) is 0 Å². The van der Waals surface area contributed by atoms with Crippen molar-refractivity contribution in [3.63, 3.8) is 0 Å². The van der Waals surface area contributed by atoms with Gasteiger partial charge in [0.05, 0.1) is 0 Å². The molecule has 3 saturated heterocycles. The normalized spacial score (nSPS) is 37.0. The Morgan fingerprint density at radius 1 is 1.33 bits per heavy atom. The molecule has 0 aliphatic carbocycles. The fourth-order valence-electron chi connectivity index (χ4n) is 3.65. The number of rotatable bonds is 2. The molecule has 0 bridgehead atoms. The molecule has 3 aliphatic heterocycles. The van der Waals surface area contributed by atoms with Gasteiger partial charge in [0.1, 0.15) is 6.04 Å². The van der Waals surface area contributed by atoms with Gasteiger partial charge in [-0.1, -0.05) is 0 Å². The molecule has 2 amide bonds.